The van der Waals surface area contributed by atoms with Gasteiger partial charge >= 0.3 is 6.03 Å². The number of rotatable bonds is 4. The van der Waals surface area contributed by atoms with E-state index in [0.717, 1.165) is 27.5 Å². The van der Waals surface area contributed by atoms with Crippen LogP contribution in [0.3, 0.4) is 0 Å². The number of amides is 5. The molecule has 10 nitrogen and oxygen atoms in total. The number of benzene rings is 4. The van der Waals surface area contributed by atoms with Crippen LogP contribution in [0.4, 0.5) is 4.79 Å². The van der Waals surface area contributed by atoms with E-state index in [1.165, 1.54) is 7.05 Å². The molecule has 4 aromatic carbocycles. The van der Waals surface area contributed by atoms with Crippen molar-refractivity contribution >= 4 is 34.5 Å². The number of hydrogen-bond donors (Lipinski definition) is 3. The van der Waals surface area contributed by atoms with Crippen molar-refractivity contribution in [2.24, 2.45) is 0 Å². The molecule has 1 fully saturated rings. The summed E-state index contributed by atoms with van der Waals surface area (Å²) in [5, 5.41) is 10.7. The molecule has 0 aliphatic carbocycles. The molecule has 2 aliphatic heterocycles. The third kappa shape index (κ3) is 7.43. The van der Waals surface area contributed by atoms with Crippen LogP contribution in [0.15, 0.2) is 91.0 Å². The number of nitrogens with zero attached hydrogens (tertiary/aromatic N) is 2. The SMILES string of the molecule is CNC(=O)N[C@H]1CCCN(C)C(=O)c2cccc(c2)-c2ccccc2OC[C@@H]2C[C@H](NC(=O)Cc3ccc4ccccc4c3)CN2C1=O. The molecule has 0 unspecified atom stereocenters. The Morgan fingerprint density at radius 3 is 2.48 bits per heavy atom. The maximum Gasteiger partial charge on any atom is 0.315 e. The van der Waals surface area contributed by atoms with E-state index in [-0.39, 0.29) is 49.4 Å². The van der Waals surface area contributed by atoms with Gasteiger partial charge in [0.2, 0.25) is 11.8 Å². The molecule has 3 atom stereocenters. The quantitative estimate of drug-likeness (QED) is 0.304. The Kier molecular flexibility index (Phi) is 9.89. The van der Waals surface area contributed by atoms with Gasteiger partial charge in [-0.2, -0.15) is 0 Å². The van der Waals surface area contributed by atoms with Crippen LogP contribution in [0.2, 0.25) is 0 Å². The van der Waals surface area contributed by atoms with Gasteiger partial charge in [-0.1, -0.05) is 72.8 Å². The zero-order valence-electron chi connectivity index (χ0n) is 27.3. The van der Waals surface area contributed by atoms with Gasteiger partial charge in [0, 0.05) is 44.4 Å². The number of hydrogen-bond acceptors (Lipinski definition) is 5. The summed E-state index contributed by atoms with van der Waals surface area (Å²) >= 11 is 0. The number of para-hydroxylation sites is 1. The third-order valence-corrected chi connectivity index (χ3v) is 9.14. The number of nitrogens with one attached hydrogen (secondary N) is 3. The highest BCUT2D eigenvalue weighted by Gasteiger charge is 2.39. The monoisotopic (exact) mass is 647 g/mol. The summed E-state index contributed by atoms with van der Waals surface area (Å²) in [5.74, 6) is 0.115. The predicted octanol–water partition coefficient (Wildman–Crippen LogP) is 4.38. The van der Waals surface area contributed by atoms with Crippen LogP contribution in [0, 0.1) is 0 Å². The molecule has 48 heavy (non-hydrogen) atoms. The molecular weight excluding hydrogens is 606 g/mol. The number of fused-ring (bicyclic) bond motifs is 6. The Morgan fingerprint density at radius 2 is 1.65 bits per heavy atom. The minimum atomic E-state index is -0.827. The van der Waals surface area contributed by atoms with E-state index >= 15 is 0 Å². The van der Waals surface area contributed by atoms with Gasteiger partial charge in [-0.25, -0.2) is 4.79 Å². The van der Waals surface area contributed by atoms with Crippen molar-refractivity contribution in [1.29, 1.82) is 0 Å². The molecule has 2 heterocycles. The van der Waals surface area contributed by atoms with Crippen molar-refractivity contribution in [3.05, 3.63) is 102 Å². The van der Waals surface area contributed by atoms with E-state index in [1.807, 2.05) is 84.9 Å². The molecule has 1 saturated heterocycles. The first-order valence-corrected chi connectivity index (χ1v) is 16.4. The van der Waals surface area contributed by atoms with Crippen molar-refractivity contribution < 1.29 is 23.9 Å². The fraction of sp³-hybridized carbons (Fsp3) is 0.316. The third-order valence-electron chi connectivity index (χ3n) is 9.14. The largest absolute Gasteiger partial charge is 0.491 e. The number of carbonyl (C=O) groups excluding carboxylic acids is 4. The highest BCUT2D eigenvalue weighted by molar-refractivity contribution is 5.95. The first-order valence-electron chi connectivity index (χ1n) is 16.4. The normalized spacial score (nSPS) is 20.0. The fourth-order valence-electron chi connectivity index (χ4n) is 6.64. The molecular formula is C38H41N5O5. The summed E-state index contributed by atoms with van der Waals surface area (Å²) in [6.45, 7) is 0.872. The number of carbonyl (C=O) groups is 4. The summed E-state index contributed by atoms with van der Waals surface area (Å²) in [7, 11) is 3.24. The van der Waals surface area contributed by atoms with Gasteiger partial charge in [0.15, 0.2) is 0 Å². The molecule has 2 aliphatic rings. The first-order chi connectivity index (χ1) is 23.3. The zero-order valence-corrected chi connectivity index (χ0v) is 27.3. The lowest BCUT2D eigenvalue weighted by atomic mass is 10.0. The Hall–Kier alpha value is -5.38. The van der Waals surface area contributed by atoms with Crippen molar-refractivity contribution in [2.45, 2.75) is 43.8 Å². The molecule has 6 rings (SSSR count). The summed E-state index contributed by atoms with van der Waals surface area (Å²) < 4.78 is 6.42. The van der Waals surface area contributed by atoms with Crippen molar-refractivity contribution in [3.63, 3.8) is 0 Å². The lowest BCUT2D eigenvalue weighted by Gasteiger charge is -2.30. The highest BCUT2D eigenvalue weighted by atomic mass is 16.5. The van der Waals surface area contributed by atoms with E-state index in [4.69, 9.17) is 4.74 Å². The lowest BCUT2D eigenvalue weighted by molar-refractivity contribution is -0.135. The van der Waals surface area contributed by atoms with Crippen LogP contribution >= 0.6 is 0 Å². The lowest BCUT2D eigenvalue weighted by Crippen LogP contribution is -2.53. The zero-order chi connectivity index (χ0) is 33.6. The summed E-state index contributed by atoms with van der Waals surface area (Å²) in [4.78, 5) is 56.6. The maximum absolute atomic E-state index is 14.2. The number of ether oxygens (including phenoxy) is 1. The summed E-state index contributed by atoms with van der Waals surface area (Å²) in [6.07, 6.45) is 1.54. The van der Waals surface area contributed by atoms with Gasteiger partial charge in [-0.15, -0.1) is 0 Å². The average Bonchev–Trinajstić information content (AvgIpc) is 3.51. The average molecular weight is 648 g/mol. The molecule has 4 aromatic rings. The van der Waals surface area contributed by atoms with Crippen LogP contribution in [0.25, 0.3) is 21.9 Å². The Balaban J connectivity index is 1.26. The maximum atomic E-state index is 14.2. The van der Waals surface area contributed by atoms with E-state index in [9.17, 15) is 19.2 Å². The van der Waals surface area contributed by atoms with Crippen molar-refractivity contribution in [2.75, 3.05) is 33.8 Å². The molecule has 3 N–H and O–H groups in total. The van der Waals surface area contributed by atoms with Crippen LogP contribution in [0.1, 0.15) is 35.2 Å². The predicted molar refractivity (Wildman–Crippen MR) is 185 cm³/mol. The second-order valence-corrected chi connectivity index (χ2v) is 12.5. The molecule has 10 heteroatoms. The minimum Gasteiger partial charge on any atom is -0.491 e. The molecule has 0 radical (unpaired) electrons. The topological polar surface area (TPSA) is 120 Å². The van der Waals surface area contributed by atoms with Gasteiger partial charge in [0.05, 0.1) is 12.5 Å². The van der Waals surface area contributed by atoms with E-state index < -0.39 is 12.1 Å². The van der Waals surface area contributed by atoms with Gasteiger partial charge in [0.1, 0.15) is 18.4 Å². The molecule has 0 spiro atoms. The minimum absolute atomic E-state index is 0.124. The van der Waals surface area contributed by atoms with Crippen molar-refractivity contribution in [1.82, 2.24) is 25.8 Å². The standard InChI is InChI=1S/C38H41N5O5/c1-39-38(47)41-33-14-8-18-42(2)36(45)29-12-7-11-28(21-29)32-13-5-6-15-34(32)48-24-31-22-30(23-43(31)37(33)46)40-35(44)20-25-16-17-26-9-3-4-10-27(26)19-25/h3-7,9-13,15-17,19,21,30-31,33H,8,14,18,20,22-24H2,1-2H3,(H,40,44)(H2,39,41,47)/t30-,31-,33-/m0/s1. The first kappa shape index (κ1) is 32.6. The molecule has 2 bridgehead atoms. The van der Waals surface area contributed by atoms with Crippen LogP contribution in [-0.2, 0) is 16.0 Å². The van der Waals surface area contributed by atoms with Crippen LogP contribution in [-0.4, -0.2) is 85.5 Å². The van der Waals surface area contributed by atoms with Gasteiger partial charge in [-0.3, -0.25) is 14.4 Å². The van der Waals surface area contributed by atoms with Gasteiger partial charge in [-0.05, 0) is 59.4 Å². The Labute approximate surface area is 280 Å². The second kappa shape index (κ2) is 14.6. The highest BCUT2D eigenvalue weighted by Crippen LogP contribution is 2.32. The van der Waals surface area contributed by atoms with E-state index in [0.29, 0.717) is 37.1 Å². The molecule has 0 saturated carbocycles. The van der Waals surface area contributed by atoms with Gasteiger partial charge < -0.3 is 30.5 Å². The van der Waals surface area contributed by atoms with E-state index in [1.54, 1.807) is 22.9 Å². The van der Waals surface area contributed by atoms with Crippen LogP contribution < -0.4 is 20.7 Å². The Morgan fingerprint density at radius 1 is 0.875 bits per heavy atom. The fourth-order valence-corrected chi connectivity index (χ4v) is 6.64. The second-order valence-electron chi connectivity index (χ2n) is 12.5. The Bertz CT molecular complexity index is 1830. The smallest absolute Gasteiger partial charge is 0.315 e. The van der Waals surface area contributed by atoms with Crippen LogP contribution in [0.5, 0.6) is 5.75 Å². The molecule has 0 aromatic heterocycles. The molecule has 248 valence electrons. The molecule has 5 amide bonds. The summed E-state index contributed by atoms with van der Waals surface area (Å²) in [6, 6.07) is 27.2. The summed E-state index contributed by atoms with van der Waals surface area (Å²) in [5.41, 5.74) is 3.15. The van der Waals surface area contributed by atoms with Crippen molar-refractivity contribution in [3.8, 4) is 16.9 Å². The van der Waals surface area contributed by atoms with E-state index in [2.05, 4.69) is 16.0 Å². The van der Waals surface area contributed by atoms with Gasteiger partial charge in [0.25, 0.3) is 5.91 Å². The number of urea groups is 1.